The number of carbonyl (C=O) groups excluding carboxylic acids is 1. The van der Waals surface area contributed by atoms with Gasteiger partial charge in [0.25, 0.3) is 0 Å². The molecule has 0 radical (unpaired) electrons. The Balaban J connectivity index is 1.36. The first-order valence-electron chi connectivity index (χ1n) is 9.75. The van der Waals surface area contributed by atoms with Crippen molar-refractivity contribution >= 4 is 28.8 Å². The van der Waals surface area contributed by atoms with Crippen molar-refractivity contribution in [3.8, 4) is 5.75 Å². The van der Waals surface area contributed by atoms with Gasteiger partial charge in [0, 0.05) is 17.5 Å². The van der Waals surface area contributed by atoms with Gasteiger partial charge < -0.3 is 9.64 Å². The lowest BCUT2D eigenvalue weighted by Gasteiger charge is -2.33. The topological polar surface area (TPSA) is 42.4 Å². The number of hydrogen-bond donors (Lipinski definition) is 0. The standard InChI is InChI=1S/C23H23ClN2O2S/c1-26(21-8-4-6-16-5-2-3-7-20(16)21)23(27)13-18-15-29-22(25-18)14-28-19-11-9-17(24)10-12-19/h2-3,5,7,9-12,15,21H,4,6,8,13-14H2,1H3/t21-/m0/s1. The van der Waals surface area contributed by atoms with Gasteiger partial charge in [0.05, 0.1) is 18.2 Å². The quantitative estimate of drug-likeness (QED) is 0.526. The van der Waals surface area contributed by atoms with E-state index in [1.807, 2.05) is 29.5 Å². The van der Waals surface area contributed by atoms with Crippen molar-refractivity contribution in [3.63, 3.8) is 0 Å². The van der Waals surface area contributed by atoms with E-state index in [1.54, 1.807) is 12.1 Å². The molecule has 0 saturated heterocycles. The molecule has 1 aliphatic rings. The second-order valence-corrected chi connectivity index (χ2v) is 8.64. The van der Waals surface area contributed by atoms with Crippen LogP contribution in [0.4, 0.5) is 0 Å². The van der Waals surface area contributed by atoms with Crippen LogP contribution in [0.2, 0.25) is 5.02 Å². The first kappa shape index (κ1) is 19.9. The fraction of sp³-hybridized carbons (Fsp3) is 0.304. The van der Waals surface area contributed by atoms with E-state index < -0.39 is 0 Å². The third-order valence-corrected chi connectivity index (χ3v) is 6.43. The molecule has 1 heterocycles. The Morgan fingerprint density at radius 3 is 2.86 bits per heavy atom. The lowest BCUT2D eigenvalue weighted by Crippen LogP contribution is -2.34. The van der Waals surface area contributed by atoms with E-state index >= 15 is 0 Å². The summed E-state index contributed by atoms with van der Waals surface area (Å²) in [7, 11) is 1.91. The molecule has 2 aromatic carbocycles. The summed E-state index contributed by atoms with van der Waals surface area (Å²) in [5.74, 6) is 0.847. The Kier molecular flexibility index (Phi) is 6.16. The van der Waals surface area contributed by atoms with Crippen LogP contribution in [0.25, 0.3) is 0 Å². The molecule has 1 atom stereocenters. The summed E-state index contributed by atoms with van der Waals surface area (Å²) in [5.41, 5.74) is 3.44. The smallest absolute Gasteiger partial charge is 0.228 e. The zero-order valence-corrected chi connectivity index (χ0v) is 17.9. The number of aryl methyl sites for hydroxylation is 1. The highest BCUT2D eigenvalue weighted by molar-refractivity contribution is 7.09. The molecule has 4 rings (SSSR count). The van der Waals surface area contributed by atoms with E-state index in [0.29, 0.717) is 18.1 Å². The van der Waals surface area contributed by atoms with Gasteiger partial charge in [-0.3, -0.25) is 4.79 Å². The highest BCUT2D eigenvalue weighted by Crippen LogP contribution is 2.33. The Morgan fingerprint density at radius 1 is 1.24 bits per heavy atom. The Labute approximate surface area is 180 Å². The molecule has 0 N–H and O–H groups in total. The van der Waals surface area contributed by atoms with Crippen LogP contribution in [-0.4, -0.2) is 22.8 Å². The molecule has 0 fully saturated rings. The van der Waals surface area contributed by atoms with Gasteiger partial charge in [-0.2, -0.15) is 0 Å². The van der Waals surface area contributed by atoms with Crippen LogP contribution >= 0.6 is 22.9 Å². The number of hydrogen-bond acceptors (Lipinski definition) is 4. The molecule has 6 heteroatoms. The van der Waals surface area contributed by atoms with E-state index in [9.17, 15) is 4.79 Å². The number of aromatic nitrogens is 1. The second-order valence-electron chi connectivity index (χ2n) is 7.26. The van der Waals surface area contributed by atoms with Crippen LogP contribution in [0.5, 0.6) is 5.75 Å². The molecule has 1 amide bonds. The number of fused-ring (bicyclic) bond motifs is 1. The van der Waals surface area contributed by atoms with E-state index in [2.05, 4.69) is 29.2 Å². The van der Waals surface area contributed by atoms with Crippen molar-refractivity contribution in [2.75, 3.05) is 7.05 Å². The first-order chi connectivity index (χ1) is 14.1. The molecule has 1 aliphatic carbocycles. The Morgan fingerprint density at radius 2 is 2.03 bits per heavy atom. The van der Waals surface area contributed by atoms with E-state index in [0.717, 1.165) is 35.7 Å². The third kappa shape index (κ3) is 4.80. The molecule has 0 saturated carbocycles. The third-order valence-electron chi connectivity index (χ3n) is 5.31. The zero-order chi connectivity index (χ0) is 20.2. The Bertz CT molecular complexity index is 987. The summed E-state index contributed by atoms with van der Waals surface area (Å²) < 4.78 is 5.74. The first-order valence-corrected chi connectivity index (χ1v) is 11.0. The maximum atomic E-state index is 12.9. The van der Waals surface area contributed by atoms with E-state index in [1.165, 1.54) is 22.5 Å². The van der Waals surface area contributed by atoms with Crippen LogP contribution in [0.15, 0.2) is 53.9 Å². The number of amides is 1. The van der Waals surface area contributed by atoms with Gasteiger partial charge in [-0.15, -0.1) is 11.3 Å². The maximum Gasteiger partial charge on any atom is 0.228 e. The minimum atomic E-state index is 0.0992. The van der Waals surface area contributed by atoms with Gasteiger partial charge >= 0.3 is 0 Å². The molecule has 29 heavy (non-hydrogen) atoms. The van der Waals surface area contributed by atoms with Crippen LogP contribution in [-0.2, 0) is 24.2 Å². The second kappa shape index (κ2) is 8.97. The number of carbonyl (C=O) groups is 1. The van der Waals surface area contributed by atoms with Gasteiger partial charge in [-0.1, -0.05) is 35.9 Å². The fourth-order valence-electron chi connectivity index (χ4n) is 3.76. The minimum Gasteiger partial charge on any atom is -0.486 e. The maximum absolute atomic E-state index is 12.9. The summed E-state index contributed by atoms with van der Waals surface area (Å²) in [6, 6.07) is 15.9. The number of benzene rings is 2. The van der Waals surface area contributed by atoms with Crippen LogP contribution in [0, 0.1) is 0 Å². The van der Waals surface area contributed by atoms with Crippen molar-refractivity contribution in [1.82, 2.24) is 9.88 Å². The molecule has 3 aromatic rings. The molecule has 0 bridgehead atoms. The summed E-state index contributed by atoms with van der Waals surface area (Å²) in [6.07, 6.45) is 3.53. The van der Waals surface area contributed by atoms with Gasteiger partial charge in [0.15, 0.2) is 0 Å². The molecular formula is C23H23ClN2O2S. The predicted molar refractivity (Wildman–Crippen MR) is 116 cm³/mol. The van der Waals surface area contributed by atoms with Gasteiger partial charge in [0.2, 0.25) is 5.91 Å². The highest BCUT2D eigenvalue weighted by Gasteiger charge is 2.26. The lowest BCUT2D eigenvalue weighted by atomic mass is 9.87. The number of nitrogens with zero attached hydrogens (tertiary/aromatic N) is 2. The van der Waals surface area contributed by atoms with Crippen molar-refractivity contribution < 1.29 is 9.53 Å². The molecule has 0 aliphatic heterocycles. The molecule has 1 aromatic heterocycles. The van der Waals surface area contributed by atoms with Crippen molar-refractivity contribution in [3.05, 3.63) is 80.8 Å². The van der Waals surface area contributed by atoms with E-state index in [4.69, 9.17) is 16.3 Å². The number of halogens is 1. The van der Waals surface area contributed by atoms with Crippen molar-refractivity contribution in [1.29, 1.82) is 0 Å². The lowest BCUT2D eigenvalue weighted by molar-refractivity contribution is -0.131. The number of thiazole rings is 1. The summed E-state index contributed by atoms with van der Waals surface area (Å²) in [6.45, 7) is 0.381. The Hall–Kier alpha value is -2.37. The van der Waals surface area contributed by atoms with Crippen molar-refractivity contribution in [2.45, 2.75) is 38.3 Å². The normalized spacial score (nSPS) is 15.6. The SMILES string of the molecule is CN(C(=O)Cc1csc(COc2ccc(Cl)cc2)n1)[C@H]1CCCc2ccccc21. The monoisotopic (exact) mass is 426 g/mol. The summed E-state index contributed by atoms with van der Waals surface area (Å²) >= 11 is 7.41. The van der Waals surface area contributed by atoms with E-state index in [-0.39, 0.29) is 11.9 Å². The van der Waals surface area contributed by atoms with Crippen LogP contribution in [0.1, 0.15) is 40.7 Å². The highest BCUT2D eigenvalue weighted by atomic mass is 35.5. The van der Waals surface area contributed by atoms with Crippen molar-refractivity contribution in [2.24, 2.45) is 0 Å². The fourth-order valence-corrected chi connectivity index (χ4v) is 4.59. The number of likely N-dealkylation sites (N-methyl/N-ethyl adjacent to an activating group) is 1. The van der Waals surface area contributed by atoms with Gasteiger partial charge in [-0.05, 0) is 54.7 Å². The molecule has 150 valence electrons. The summed E-state index contributed by atoms with van der Waals surface area (Å²) in [4.78, 5) is 19.4. The van der Waals surface area contributed by atoms with Gasteiger partial charge in [0.1, 0.15) is 17.4 Å². The largest absolute Gasteiger partial charge is 0.486 e. The zero-order valence-electron chi connectivity index (χ0n) is 16.3. The average molecular weight is 427 g/mol. The van der Waals surface area contributed by atoms with Crippen LogP contribution < -0.4 is 4.74 Å². The average Bonchev–Trinajstić information content (AvgIpc) is 3.19. The molecule has 4 nitrogen and oxygen atoms in total. The number of rotatable bonds is 6. The van der Waals surface area contributed by atoms with Crippen LogP contribution in [0.3, 0.4) is 0 Å². The van der Waals surface area contributed by atoms with Gasteiger partial charge in [-0.25, -0.2) is 4.98 Å². The molecular weight excluding hydrogens is 404 g/mol. The molecule has 0 spiro atoms. The summed E-state index contributed by atoms with van der Waals surface area (Å²) in [5, 5.41) is 3.48. The molecule has 0 unspecified atom stereocenters. The number of ether oxygens (including phenoxy) is 1. The minimum absolute atomic E-state index is 0.0992. The predicted octanol–water partition coefficient (Wildman–Crippen LogP) is 5.45.